The summed E-state index contributed by atoms with van der Waals surface area (Å²) in [6.45, 7) is 6.49. The van der Waals surface area contributed by atoms with Crippen molar-refractivity contribution in [2.75, 3.05) is 11.0 Å². The van der Waals surface area contributed by atoms with Crippen LogP contribution in [0.4, 0.5) is 5.69 Å². The Labute approximate surface area is 126 Å². The molecule has 1 aromatic carbocycles. The van der Waals surface area contributed by atoms with Crippen molar-refractivity contribution in [1.29, 1.82) is 0 Å². The largest absolute Gasteiger partial charge is 0.491 e. The van der Waals surface area contributed by atoms with Crippen LogP contribution in [-0.2, 0) is 14.7 Å². The molecule has 0 bridgehead atoms. The average molecular weight is 315 g/mol. The van der Waals surface area contributed by atoms with E-state index in [1.54, 1.807) is 45.9 Å². The minimum absolute atomic E-state index is 0.332. The highest BCUT2D eigenvalue weighted by Crippen LogP contribution is 2.25. The topological polar surface area (TPSA) is 95.9 Å². The van der Waals surface area contributed by atoms with Crippen LogP contribution in [-0.4, -0.2) is 43.1 Å². The molecule has 21 heavy (non-hydrogen) atoms. The van der Waals surface area contributed by atoms with Crippen LogP contribution < -0.4 is 10.2 Å². The molecule has 0 heterocycles. The summed E-state index contributed by atoms with van der Waals surface area (Å²) >= 11 is 0. The zero-order valence-corrected chi connectivity index (χ0v) is 13.7. The summed E-state index contributed by atoms with van der Waals surface area (Å²) in [5, 5.41) is 20.2. The van der Waals surface area contributed by atoms with E-state index in [0.717, 1.165) is 6.26 Å². The monoisotopic (exact) mass is 315 g/mol. The molecule has 8 heteroatoms. The summed E-state index contributed by atoms with van der Waals surface area (Å²) in [5.74, 6) is 0. The van der Waals surface area contributed by atoms with Crippen LogP contribution >= 0.6 is 0 Å². The van der Waals surface area contributed by atoms with Crippen molar-refractivity contribution >= 4 is 28.3 Å². The van der Waals surface area contributed by atoms with Crippen LogP contribution in [0.3, 0.4) is 0 Å². The SMILES string of the molecule is CC(C)(O)C(C)(C)OB(O)c1cccc(NS(C)(=O)=O)c1. The van der Waals surface area contributed by atoms with Crippen molar-refractivity contribution in [3.05, 3.63) is 24.3 Å². The molecule has 0 saturated carbocycles. The first-order valence-electron chi connectivity index (χ1n) is 6.48. The van der Waals surface area contributed by atoms with E-state index in [2.05, 4.69) is 4.72 Å². The summed E-state index contributed by atoms with van der Waals surface area (Å²) in [4.78, 5) is 0. The molecular weight excluding hydrogens is 293 g/mol. The van der Waals surface area contributed by atoms with Crippen molar-refractivity contribution < 1.29 is 23.2 Å². The maximum atomic E-state index is 11.2. The number of nitrogens with one attached hydrogen (secondary N) is 1. The molecule has 0 unspecified atom stereocenters. The fourth-order valence-corrected chi connectivity index (χ4v) is 2.02. The minimum atomic E-state index is -3.39. The van der Waals surface area contributed by atoms with E-state index in [0.29, 0.717) is 11.2 Å². The lowest BCUT2D eigenvalue weighted by Gasteiger charge is -2.38. The maximum absolute atomic E-state index is 11.2. The van der Waals surface area contributed by atoms with Crippen LogP contribution in [0, 0.1) is 0 Å². The third-order valence-electron chi connectivity index (χ3n) is 3.35. The first-order valence-corrected chi connectivity index (χ1v) is 8.37. The lowest BCUT2D eigenvalue weighted by atomic mass is 9.76. The Morgan fingerprint density at radius 1 is 1.24 bits per heavy atom. The van der Waals surface area contributed by atoms with Crippen LogP contribution in [0.15, 0.2) is 24.3 Å². The zero-order chi connectivity index (χ0) is 16.5. The fraction of sp³-hybridized carbons (Fsp3) is 0.538. The molecule has 3 N–H and O–H groups in total. The van der Waals surface area contributed by atoms with Gasteiger partial charge in [-0.15, -0.1) is 0 Å². The summed E-state index contributed by atoms with van der Waals surface area (Å²) < 4.78 is 30.2. The lowest BCUT2D eigenvalue weighted by molar-refractivity contribution is -0.0982. The molecule has 118 valence electrons. The Bertz CT molecular complexity index is 595. The highest BCUT2D eigenvalue weighted by atomic mass is 32.2. The molecule has 0 fully saturated rings. The second-order valence-electron chi connectivity index (χ2n) is 6.04. The van der Waals surface area contributed by atoms with Gasteiger partial charge in [-0.05, 0) is 45.3 Å². The first kappa shape index (κ1) is 18.0. The van der Waals surface area contributed by atoms with Crippen molar-refractivity contribution in [3.8, 4) is 0 Å². The van der Waals surface area contributed by atoms with Gasteiger partial charge in [-0.1, -0.05) is 12.1 Å². The molecule has 0 atom stereocenters. The van der Waals surface area contributed by atoms with Gasteiger partial charge < -0.3 is 14.8 Å². The van der Waals surface area contributed by atoms with E-state index in [-0.39, 0.29) is 0 Å². The molecule has 6 nitrogen and oxygen atoms in total. The molecule has 0 saturated heterocycles. The quantitative estimate of drug-likeness (QED) is 0.657. The summed E-state index contributed by atoms with van der Waals surface area (Å²) in [5.41, 5.74) is -1.43. The molecule has 1 rings (SSSR count). The van der Waals surface area contributed by atoms with Crippen molar-refractivity contribution in [2.24, 2.45) is 0 Å². The van der Waals surface area contributed by atoms with Gasteiger partial charge in [-0.25, -0.2) is 8.42 Å². The Kier molecular flexibility index (Phi) is 5.10. The Morgan fingerprint density at radius 2 is 1.81 bits per heavy atom. The third kappa shape index (κ3) is 5.31. The number of rotatable bonds is 6. The smallest absolute Gasteiger partial charge is 0.423 e. The predicted molar refractivity (Wildman–Crippen MR) is 84.0 cm³/mol. The van der Waals surface area contributed by atoms with Crippen LogP contribution in [0.1, 0.15) is 27.7 Å². The highest BCUT2D eigenvalue weighted by molar-refractivity contribution is 7.92. The molecule has 0 radical (unpaired) electrons. The van der Waals surface area contributed by atoms with Gasteiger partial charge in [-0.2, -0.15) is 0 Å². The van der Waals surface area contributed by atoms with E-state index < -0.39 is 28.3 Å². The van der Waals surface area contributed by atoms with Gasteiger partial charge in [0.15, 0.2) is 0 Å². The number of hydrogen-bond donors (Lipinski definition) is 3. The van der Waals surface area contributed by atoms with Gasteiger partial charge in [-0.3, -0.25) is 4.72 Å². The fourth-order valence-electron chi connectivity index (χ4n) is 1.46. The number of aliphatic hydroxyl groups is 1. The van der Waals surface area contributed by atoms with Gasteiger partial charge in [0.2, 0.25) is 10.0 Å². The highest BCUT2D eigenvalue weighted by Gasteiger charge is 2.39. The van der Waals surface area contributed by atoms with Crippen molar-refractivity contribution in [2.45, 2.75) is 38.9 Å². The van der Waals surface area contributed by atoms with Gasteiger partial charge in [0.05, 0.1) is 17.5 Å². The van der Waals surface area contributed by atoms with Gasteiger partial charge in [0.1, 0.15) is 0 Å². The number of hydrogen-bond acceptors (Lipinski definition) is 5. The van der Waals surface area contributed by atoms with Gasteiger partial charge in [0.25, 0.3) is 0 Å². The molecule has 0 amide bonds. The number of anilines is 1. The average Bonchev–Trinajstić information content (AvgIpc) is 2.24. The number of benzene rings is 1. The summed E-state index contributed by atoms with van der Waals surface area (Å²) in [6, 6.07) is 6.26. The number of sulfonamides is 1. The summed E-state index contributed by atoms with van der Waals surface area (Å²) in [6.07, 6.45) is 1.05. The Hall–Kier alpha value is -1.09. The van der Waals surface area contributed by atoms with Crippen molar-refractivity contribution in [1.82, 2.24) is 0 Å². The lowest BCUT2D eigenvalue weighted by Crippen LogP contribution is -2.53. The van der Waals surface area contributed by atoms with Crippen LogP contribution in [0.5, 0.6) is 0 Å². The molecule has 0 aliphatic rings. The van der Waals surface area contributed by atoms with Crippen LogP contribution in [0.2, 0.25) is 0 Å². The molecule has 1 aromatic rings. The van der Waals surface area contributed by atoms with Crippen molar-refractivity contribution in [3.63, 3.8) is 0 Å². The molecular formula is C13H22BNO5S. The minimum Gasteiger partial charge on any atom is -0.423 e. The molecule has 0 aliphatic heterocycles. The van der Waals surface area contributed by atoms with Gasteiger partial charge >= 0.3 is 7.12 Å². The maximum Gasteiger partial charge on any atom is 0.491 e. The first-order chi connectivity index (χ1) is 9.32. The normalized spacial score (nSPS) is 13.1. The van der Waals surface area contributed by atoms with Crippen LogP contribution in [0.25, 0.3) is 0 Å². The summed E-state index contributed by atoms with van der Waals surface area (Å²) in [7, 11) is -4.67. The van der Waals surface area contributed by atoms with E-state index >= 15 is 0 Å². The molecule has 0 aromatic heterocycles. The zero-order valence-electron chi connectivity index (χ0n) is 12.9. The second kappa shape index (κ2) is 5.96. The van der Waals surface area contributed by atoms with E-state index in [4.69, 9.17) is 4.65 Å². The molecule has 0 spiro atoms. The Morgan fingerprint density at radius 3 is 2.29 bits per heavy atom. The second-order valence-corrected chi connectivity index (χ2v) is 7.79. The van der Waals surface area contributed by atoms with E-state index in [1.807, 2.05) is 0 Å². The van der Waals surface area contributed by atoms with Gasteiger partial charge in [0, 0.05) is 5.69 Å². The molecule has 0 aliphatic carbocycles. The predicted octanol–water partition coefficient (Wildman–Crippen LogP) is 0.312. The van der Waals surface area contributed by atoms with E-state index in [1.165, 1.54) is 6.07 Å². The standard InChI is InChI=1S/C13H22BNO5S/c1-12(2,16)13(3,4)20-14(17)10-7-6-8-11(9-10)15-21(5,18)19/h6-9,15-17H,1-5H3. The third-order valence-corrected chi connectivity index (χ3v) is 3.96. The van der Waals surface area contributed by atoms with E-state index in [9.17, 15) is 18.5 Å². The Balaban J connectivity index is 2.94.